The van der Waals surface area contributed by atoms with Crippen LogP contribution < -0.4 is 5.73 Å². The van der Waals surface area contributed by atoms with Crippen molar-refractivity contribution in [3.8, 4) is 0 Å². The minimum absolute atomic E-state index is 0.254. The Hall–Kier alpha value is -0.120. The van der Waals surface area contributed by atoms with Crippen LogP contribution in [0.1, 0.15) is 52.4 Å². The molecule has 0 aliphatic carbocycles. The van der Waals surface area contributed by atoms with Gasteiger partial charge in [-0.05, 0) is 51.6 Å². The second-order valence-corrected chi connectivity index (χ2v) is 5.53. The second kappa shape index (κ2) is 9.76. The summed E-state index contributed by atoms with van der Waals surface area (Å²) in [6, 6.07) is 0. The van der Waals surface area contributed by atoms with Gasteiger partial charge in [0.2, 0.25) is 0 Å². The molecule has 2 N–H and O–H groups in total. The van der Waals surface area contributed by atoms with Crippen LogP contribution in [0.5, 0.6) is 0 Å². The fourth-order valence-corrected chi connectivity index (χ4v) is 2.98. The van der Waals surface area contributed by atoms with Crippen molar-refractivity contribution in [1.29, 1.82) is 0 Å². The summed E-state index contributed by atoms with van der Waals surface area (Å²) in [6.45, 7) is 9.47. The summed E-state index contributed by atoms with van der Waals surface area (Å²) in [4.78, 5) is 2.61. The second-order valence-electron chi connectivity index (χ2n) is 5.53. The molecule has 0 amide bonds. The van der Waals surface area contributed by atoms with E-state index in [-0.39, 0.29) is 6.10 Å². The van der Waals surface area contributed by atoms with Gasteiger partial charge < -0.3 is 15.4 Å². The van der Waals surface area contributed by atoms with Gasteiger partial charge in [0.15, 0.2) is 0 Å². The summed E-state index contributed by atoms with van der Waals surface area (Å²) < 4.78 is 5.62. The topological polar surface area (TPSA) is 38.5 Å². The first-order chi connectivity index (χ1) is 8.80. The normalized spacial score (nSPS) is 23.8. The van der Waals surface area contributed by atoms with Crippen LogP contribution in [0.4, 0.5) is 0 Å². The molecule has 0 aromatic carbocycles. The van der Waals surface area contributed by atoms with Crippen molar-refractivity contribution in [2.75, 3.05) is 32.8 Å². The van der Waals surface area contributed by atoms with Gasteiger partial charge in [-0.1, -0.05) is 19.8 Å². The van der Waals surface area contributed by atoms with Crippen molar-refractivity contribution in [3.05, 3.63) is 0 Å². The van der Waals surface area contributed by atoms with Crippen LogP contribution in [-0.2, 0) is 4.74 Å². The molecule has 1 aliphatic heterocycles. The maximum Gasteiger partial charge on any atom is 0.0709 e. The summed E-state index contributed by atoms with van der Waals surface area (Å²) in [5.41, 5.74) is 5.72. The molecule has 108 valence electrons. The lowest BCUT2D eigenvalue weighted by molar-refractivity contribution is 0.0545. The molecule has 0 spiro atoms. The highest BCUT2D eigenvalue weighted by atomic mass is 16.5. The SMILES string of the molecule is CCCC1CCCN(CCC(CN)OCC)CC1. The van der Waals surface area contributed by atoms with E-state index in [0.717, 1.165) is 25.5 Å². The molecule has 0 aromatic rings. The Morgan fingerprint density at radius 2 is 2.11 bits per heavy atom. The minimum Gasteiger partial charge on any atom is -0.377 e. The summed E-state index contributed by atoms with van der Waals surface area (Å²) >= 11 is 0. The number of rotatable bonds is 8. The lowest BCUT2D eigenvalue weighted by Gasteiger charge is -2.23. The Bertz CT molecular complexity index is 199. The standard InChI is InChI=1S/C15H32N2O/c1-3-6-14-7-5-10-17(11-8-14)12-9-15(13-16)18-4-2/h14-15H,3-13,16H2,1-2H3. The van der Waals surface area contributed by atoms with Crippen LogP contribution in [0.3, 0.4) is 0 Å². The molecule has 0 radical (unpaired) electrons. The van der Waals surface area contributed by atoms with Gasteiger partial charge in [-0.15, -0.1) is 0 Å². The molecule has 1 saturated heterocycles. The van der Waals surface area contributed by atoms with Crippen LogP contribution in [0, 0.1) is 5.92 Å². The minimum atomic E-state index is 0.254. The number of hydrogen-bond acceptors (Lipinski definition) is 3. The summed E-state index contributed by atoms with van der Waals surface area (Å²) in [5, 5.41) is 0. The van der Waals surface area contributed by atoms with E-state index in [1.54, 1.807) is 0 Å². The van der Waals surface area contributed by atoms with E-state index in [2.05, 4.69) is 11.8 Å². The average molecular weight is 256 g/mol. The molecule has 2 atom stereocenters. The third-order valence-corrected chi connectivity index (χ3v) is 4.07. The van der Waals surface area contributed by atoms with Gasteiger partial charge in [0.05, 0.1) is 6.10 Å². The highest BCUT2D eigenvalue weighted by Gasteiger charge is 2.17. The highest BCUT2D eigenvalue weighted by molar-refractivity contribution is 4.71. The first-order valence-corrected chi connectivity index (χ1v) is 7.84. The molecule has 2 unspecified atom stereocenters. The molecular weight excluding hydrogens is 224 g/mol. The number of likely N-dealkylation sites (tertiary alicyclic amines) is 1. The van der Waals surface area contributed by atoms with Crippen molar-refractivity contribution < 1.29 is 4.74 Å². The molecule has 3 nitrogen and oxygen atoms in total. The zero-order chi connectivity index (χ0) is 13.2. The van der Waals surface area contributed by atoms with E-state index in [1.165, 1.54) is 45.2 Å². The average Bonchev–Trinajstić information content (AvgIpc) is 2.60. The highest BCUT2D eigenvalue weighted by Crippen LogP contribution is 2.22. The van der Waals surface area contributed by atoms with Gasteiger partial charge in [-0.25, -0.2) is 0 Å². The molecule has 3 heteroatoms. The molecular formula is C15H32N2O. The van der Waals surface area contributed by atoms with Crippen LogP contribution in [-0.4, -0.2) is 43.8 Å². The number of hydrogen-bond donors (Lipinski definition) is 1. The van der Waals surface area contributed by atoms with Crippen molar-refractivity contribution in [2.45, 2.75) is 58.5 Å². The van der Waals surface area contributed by atoms with Crippen LogP contribution in [0.25, 0.3) is 0 Å². The van der Waals surface area contributed by atoms with Crippen molar-refractivity contribution >= 4 is 0 Å². The Kier molecular flexibility index (Phi) is 8.64. The molecule has 0 saturated carbocycles. The fourth-order valence-electron chi connectivity index (χ4n) is 2.98. The van der Waals surface area contributed by atoms with Gasteiger partial charge in [-0.2, -0.15) is 0 Å². The molecule has 18 heavy (non-hydrogen) atoms. The predicted octanol–water partition coefficient (Wildman–Crippen LogP) is 2.64. The van der Waals surface area contributed by atoms with Crippen molar-refractivity contribution in [1.82, 2.24) is 4.90 Å². The monoisotopic (exact) mass is 256 g/mol. The van der Waals surface area contributed by atoms with E-state index in [0.29, 0.717) is 6.54 Å². The Labute approximate surface area is 113 Å². The van der Waals surface area contributed by atoms with Gasteiger partial charge in [0, 0.05) is 19.7 Å². The van der Waals surface area contributed by atoms with E-state index in [9.17, 15) is 0 Å². The predicted molar refractivity (Wildman–Crippen MR) is 77.8 cm³/mol. The molecule has 0 aromatic heterocycles. The first-order valence-electron chi connectivity index (χ1n) is 7.84. The Morgan fingerprint density at radius 3 is 2.78 bits per heavy atom. The lowest BCUT2D eigenvalue weighted by atomic mass is 9.96. The molecule has 1 heterocycles. The number of nitrogens with zero attached hydrogens (tertiary/aromatic N) is 1. The fraction of sp³-hybridized carbons (Fsp3) is 1.00. The Morgan fingerprint density at radius 1 is 1.28 bits per heavy atom. The maximum absolute atomic E-state index is 5.72. The molecule has 1 rings (SSSR count). The smallest absolute Gasteiger partial charge is 0.0709 e. The maximum atomic E-state index is 5.72. The number of nitrogens with two attached hydrogens (primary N) is 1. The number of ether oxygens (including phenoxy) is 1. The zero-order valence-electron chi connectivity index (χ0n) is 12.4. The van der Waals surface area contributed by atoms with Gasteiger partial charge >= 0.3 is 0 Å². The summed E-state index contributed by atoms with van der Waals surface area (Å²) in [5.74, 6) is 0.970. The molecule has 0 bridgehead atoms. The quantitative estimate of drug-likeness (QED) is 0.725. The molecule has 1 aliphatic rings. The summed E-state index contributed by atoms with van der Waals surface area (Å²) in [6.07, 6.45) is 8.27. The van der Waals surface area contributed by atoms with E-state index < -0.39 is 0 Å². The van der Waals surface area contributed by atoms with Gasteiger partial charge in [0.1, 0.15) is 0 Å². The largest absolute Gasteiger partial charge is 0.377 e. The van der Waals surface area contributed by atoms with E-state index in [4.69, 9.17) is 10.5 Å². The van der Waals surface area contributed by atoms with E-state index in [1.807, 2.05) is 6.92 Å². The zero-order valence-corrected chi connectivity index (χ0v) is 12.4. The third kappa shape index (κ3) is 6.17. The van der Waals surface area contributed by atoms with Crippen molar-refractivity contribution in [2.24, 2.45) is 11.7 Å². The van der Waals surface area contributed by atoms with Gasteiger partial charge in [-0.3, -0.25) is 0 Å². The van der Waals surface area contributed by atoms with Crippen LogP contribution in [0.15, 0.2) is 0 Å². The first kappa shape index (κ1) is 15.9. The van der Waals surface area contributed by atoms with Crippen LogP contribution >= 0.6 is 0 Å². The van der Waals surface area contributed by atoms with E-state index >= 15 is 0 Å². The van der Waals surface area contributed by atoms with Crippen LogP contribution in [0.2, 0.25) is 0 Å². The van der Waals surface area contributed by atoms with Crippen molar-refractivity contribution in [3.63, 3.8) is 0 Å². The third-order valence-electron chi connectivity index (χ3n) is 4.07. The lowest BCUT2D eigenvalue weighted by Crippen LogP contribution is -2.32. The van der Waals surface area contributed by atoms with Gasteiger partial charge in [0.25, 0.3) is 0 Å². The summed E-state index contributed by atoms with van der Waals surface area (Å²) in [7, 11) is 0. The molecule has 1 fully saturated rings. The Balaban J connectivity index is 2.22.